The van der Waals surface area contributed by atoms with Crippen LogP contribution in [0.25, 0.3) is 22.4 Å². The first-order valence-electron chi connectivity index (χ1n) is 6.70. The third-order valence-corrected chi connectivity index (χ3v) is 3.20. The van der Waals surface area contributed by atoms with Crippen molar-refractivity contribution in [3.8, 4) is 11.3 Å². The van der Waals surface area contributed by atoms with Gasteiger partial charge in [-0.2, -0.15) is 0 Å². The van der Waals surface area contributed by atoms with E-state index in [4.69, 9.17) is 9.26 Å². The average molecular weight is 282 g/mol. The van der Waals surface area contributed by atoms with Gasteiger partial charge in [0.2, 0.25) is 0 Å². The smallest absolute Gasteiger partial charge is 0.339 e. The van der Waals surface area contributed by atoms with E-state index in [1.807, 2.05) is 30.3 Å². The van der Waals surface area contributed by atoms with Gasteiger partial charge in [-0.05, 0) is 19.9 Å². The number of pyridine rings is 1. The van der Waals surface area contributed by atoms with Crippen molar-refractivity contribution in [3.63, 3.8) is 0 Å². The summed E-state index contributed by atoms with van der Waals surface area (Å²) in [5.41, 5.74) is 3.00. The van der Waals surface area contributed by atoms with E-state index in [1.54, 1.807) is 19.9 Å². The second-order valence-electron chi connectivity index (χ2n) is 4.59. The van der Waals surface area contributed by atoms with Crippen LogP contribution in [0.2, 0.25) is 0 Å². The van der Waals surface area contributed by atoms with Gasteiger partial charge in [0.1, 0.15) is 5.69 Å². The zero-order valence-electron chi connectivity index (χ0n) is 11.8. The van der Waals surface area contributed by atoms with Gasteiger partial charge in [0.25, 0.3) is 5.71 Å². The summed E-state index contributed by atoms with van der Waals surface area (Å²) in [4.78, 5) is 16.3. The molecule has 0 aliphatic rings. The SMILES string of the molecule is CCOC(=O)c1cc2c(-c3ccccc3)noc2nc1C. The number of benzene rings is 1. The normalized spacial score (nSPS) is 10.8. The Morgan fingerprint density at radius 3 is 2.76 bits per heavy atom. The summed E-state index contributed by atoms with van der Waals surface area (Å²) in [5.74, 6) is -0.385. The zero-order chi connectivity index (χ0) is 14.8. The Hall–Kier alpha value is -2.69. The molecule has 0 amide bonds. The van der Waals surface area contributed by atoms with Gasteiger partial charge in [0, 0.05) is 5.56 Å². The average Bonchev–Trinajstić information content (AvgIpc) is 2.90. The Morgan fingerprint density at radius 1 is 1.29 bits per heavy atom. The molecule has 0 atom stereocenters. The summed E-state index contributed by atoms with van der Waals surface area (Å²) in [7, 11) is 0. The Labute approximate surface area is 121 Å². The van der Waals surface area contributed by atoms with Gasteiger partial charge in [0.05, 0.1) is 23.3 Å². The van der Waals surface area contributed by atoms with E-state index in [2.05, 4.69) is 10.1 Å². The molecule has 0 spiro atoms. The van der Waals surface area contributed by atoms with E-state index in [1.165, 1.54) is 0 Å². The Kier molecular flexibility index (Phi) is 3.39. The highest BCUT2D eigenvalue weighted by atomic mass is 16.5. The molecule has 0 aliphatic carbocycles. The lowest BCUT2D eigenvalue weighted by Crippen LogP contribution is -2.07. The summed E-state index contributed by atoms with van der Waals surface area (Å²) in [6, 6.07) is 11.4. The highest BCUT2D eigenvalue weighted by Gasteiger charge is 2.18. The molecule has 0 aliphatic heterocycles. The predicted molar refractivity (Wildman–Crippen MR) is 77.9 cm³/mol. The molecule has 0 unspecified atom stereocenters. The molecule has 0 fully saturated rings. The number of carbonyl (C=O) groups excluding carboxylic acids is 1. The van der Waals surface area contributed by atoms with E-state index in [-0.39, 0.29) is 5.97 Å². The van der Waals surface area contributed by atoms with Gasteiger partial charge >= 0.3 is 5.97 Å². The molecule has 1 aromatic carbocycles. The number of hydrogen-bond donors (Lipinski definition) is 0. The van der Waals surface area contributed by atoms with Crippen LogP contribution >= 0.6 is 0 Å². The van der Waals surface area contributed by atoms with Crippen LogP contribution < -0.4 is 0 Å². The maximum Gasteiger partial charge on any atom is 0.339 e. The molecule has 2 aromatic heterocycles. The van der Waals surface area contributed by atoms with Crippen LogP contribution in [0.3, 0.4) is 0 Å². The van der Waals surface area contributed by atoms with Crippen molar-refractivity contribution in [2.75, 3.05) is 6.61 Å². The highest BCUT2D eigenvalue weighted by Crippen LogP contribution is 2.28. The number of nitrogens with zero attached hydrogens (tertiary/aromatic N) is 2. The summed E-state index contributed by atoms with van der Waals surface area (Å²) >= 11 is 0. The van der Waals surface area contributed by atoms with E-state index in [0.29, 0.717) is 34.7 Å². The summed E-state index contributed by atoms with van der Waals surface area (Å²) in [6.07, 6.45) is 0. The first-order chi connectivity index (χ1) is 10.2. The molecular formula is C16H14N2O3. The summed E-state index contributed by atoms with van der Waals surface area (Å²) < 4.78 is 10.3. The van der Waals surface area contributed by atoms with Crippen LogP contribution in [0.1, 0.15) is 23.0 Å². The lowest BCUT2D eigenvalue weighted by Gasteiger charge is -2.04. The largest absolute Gasteiger partial charge is 0.462 e. The van der Waals surface area contributed by atoms with Crippen molar-refractivity contribution in [1.29, 1.82) is 0 Å². The maximum atomic E-state index is 12.0. The molecule has 0 saturated carbocycles. The number of carbonyl (C=O) groups is 1. The second kappa shape index (κ2) is 5.36. The molecule has 0 bridgehead atoms. The van der Waals surface area contributed by atoms with Crippen LogP contribution in [-0.2, 0) is 4.74 Å². The van der Waals surface area contributed by atoms with Crippen molar-refractivity contribution in [2.45, 2.75) is 13.8 Å². The molecule has 0 N–H and O–H groups in total. The monoisotopic (exact) mass is 282 g/mol. The summed E-state index contributed by atoms with van der Waals surface area (Å²) in [6.45, 7) is 3.84. The van der Waals surface area contributed by atoms with E-state index >= 15 is 0 Å². The van der Waals surface area contributed by atoms with Crippen LogP contribution in [-0.4, -0.2) is 22.7 Å². The Bertz CT molecular complexity index is 794. The topological polar surface area (TPSA) is 65.2 Å². The molecule has 3 rings (SSSR count). The third-order valence-electron chi connectivity index (χ3n) is 3.20. The van der Waals surface area contributed by atoms with Crippen molar-refractivity contribution < 1.29 is 14.1 Å². The van der Waals surface area contributed by atoms with Gasteiger partial charge in [-0.25, -0.2) is 9.78 Å². The van der Waals surface area contributed by atoms with Crippen molar-refractivity contribution in [3.05, 3.63) is 47.7 Å². The maximum absolute atomic E-state index is 12.0. The summed E-state index contributed by atoms with van der Waals surface area (Å²) in [5, 5.41) is 4.77. The molecule has 2 heterocycles. The number of aryl methyl sites for hydroxylation is 1. The molecule has 21 heavy (non-hydrogen) atoms. The molecule has 5 heteroatoms. The number of ether oxygens (including phenoxy) is 1. The van der Waals surface area contributed by atoms with E-state index < -0.39 is 0 Å². The van der Waals surface area contributed by atoms with Crippen molar-refractivity contribution >= 4 is 17.1 Å². The van der Waals surface area contributed by atoms with Crippen LogP contribution in [0.5, 0.6) is 0 Å². The minimum absolute atomic E-state index is 0.325. The number of aromatic nitrogens is 2. The Balaban J connectivity index is 2.17. The van der Waals surface area contributed by atoms with Crippen LogP contribution in [0, 0.1) is 6.92 Å². The fraction of sp³-hybridized carbons (Fsp3) is 0.188. The molecule has 0 saturated heterocycles. The van der Waals surface area contributed by atoms with E-state index in [0.717, 1.165) is 5.56 Å². The minimum atomic E-state index is -0.385. The molecular weight excluding hydrogens is 268 g/mol. The second-order valence-corrected chi connectivity index (χ2v) is 4.59. The zero-order valence-corrected chi connectivity index (χ0v) is 11.8. The molecule has 0 radical (unpaired) electrons. The first kappa shape index (κ1) is 13.3. The third kappa shape index (κ3) is 2.38. The molecule has 5 nitrogen and oxygen atoms in total. The van der Waals surface area contributed by atoms with Gasteiger partial charge in [0.15, 0.2) is 0 Å². The number of hydrogen-bond acceptors (Lipinski definition) is 5. The van der Waals surface area contributed by atoms with Crippen molar-refractivity contribution in [1.82, 2.24) is 10.1 Å². The first-order valence-corrected chi connectivity index (χ1v) is 6.70. The van der Waals surface area contributed by atoms with Crippen LogP contribution in [0.4, 0.5) is 0 Å². The van der Waals surface area contributed by atoms with Crippen LogP contribution in [0.15, 0.2) is 40.9 Å². The van der Waals surface area contributed by atoms with Gasteiger partial charge in [-0.15, -0.1) is 0 Å². The van der Waals surface area contributed by atoms with Gasteiger partial charge in [-0.1, -0.05) is 35.5 Å². The fourth-order valence-corrected chi connectivity index (χ4v) is 2.18. The minimum Gasteiger partial charge on any atom is -0.462 e. The fourth-order valence-electron chi connectivity index (χ4n) is 2.18. The molecule has 106 valence electrons. The lowest BCUT2D eigenvalue weighted by atomic mass is 10.1. The van der Waals surface area contributed by atoms with Gasteiger partial charge in [-0.3, -0.25) is 0 Å². The number of fused-ring (bicyclic) bond motifs is 1. The van der Waals surface area contributed by atoms with Gasteiger partial charge < -0.3 is 9.26 Å². The molecule has 3 aromatic rings. The van der Waals surface area contributed by atoms with E-state index in [9.17, 15) is 4.79 Å². The quantitative estimate of drug-likeness (QED) is 0.689. The Morgan fingerprint density at radius 2 is 2.05 bits per heavy atom. The standard InChI is InChI=1S/C16H14N2O3/c1-3-20-16(19)12-9-13-14(11-7-5-4-6-8-11)18-21-15(13)17-10(12)2/h4-9H,3H2,1-2H3. The number of esters is 1. The predicted octanol–water partition coefficient (Wildman–Crippen LogP) is 3.37. The number of rotatable bonds is 3. The van der Waals surface area contributed by atoms with Crippen molar-refractivity contribution in [2.24, 2.45) is 0 Å². The highest BCUT2D eigenvalue weighted by molar-refractivity contribution is 5.98. The lowest BCUT2D eigenvalue weighted by molar-refractivity contribution is 0.0525.